The van der Waals surface area contributed by atoms with Gasteiger partial charge in [0.25, 0.3) is 0 Å². The van der Waals surface area contributed by atoms with Crippen LogP contribution in [-0.2, 0) is 8.23 Å². The average Bonchev–Trinajstić information content (AvgIpc) is 2.23. The summed E-state index contributed by atoms with van der Waals surface area (Å²) < 4.78 is 12.5. The first-order valence-electron chi connectivity index (χ1n) is 7.50. The Morgan fingerprint density at radius 2 is 1.43 bits per heavy atom. The van der Waals surface area contributed by atoms with Gasteiger partial charge in [-0.2, -0.15) is 0 Å². The molecule has 0 rings (SSSR count). The summed E-state index contributed by atoms with van der Waals surface area (Å²) in [4.78, 5) is 0. The van der Waals surface area contributed by atoms with Crippen LogP contribution in [0.4, 0.5) is 0 Å². The fourth-order valence-corrected chi connectivity index (χ4v) is 9.51. The van der Waals surface area contributed by atoms with E-state index in [0.29, 0.717) is 6.42 Å². The van der Waals surface area contributed by atoms with E-state index in [1.54, 1.807) is 6.92 Å². The maximum atomic E-state index is 10.7. The van der Waals surface area contributed by atoms with Crippen molar-refractivity contribution in [1.29, 1.82) is 0 Å². The lowest BCUT2D eigenvalue weighted by molar-refractivity contribution is -0.0908. The third kappa shape index (κ3) is 7.51. The van der Waals surface area contributed by atoms with E-state index < -0.39 is 44.2 Å². The average molecular weight is 354 g/mol. The highest BCUT2D eigenvalue weighted by atomic mass is 28.4. The largest absolute Gasteiger partial charge is 0.435 e. The first kappa shape index (κ1) is 21.5. The van der Waals surface area contributed by atoms with E-state index in [1.807, 2.05) is 6.92 Å². The van der Waals surface area contributed by atoms with Gasteiger partial charge >= 0.3 is 9.28 Å². The molecule has 0 saturated heterocycles. The van der Waals surface area contributed by atoms with E-state index in [0.717, 1.165) is 0 Å². The zero-order valence-electron chi connectivity index (χ0n) is 14.7. The van der Waals surface area contributed by atoms with Crippen molar-refractivity contribution >= 4 is 25.9 Å². The van der Waals surface area contributed by atoms with Gasteiger partial charge < -0.3 is 23.5 Å². The minimum Gasteiger partial charge on any atom is -0.435 e. The standard InChI is InChI=1S/C13H33O5Si3/c1-9-12(13(2,16)11(15)10-14)19(17-20(3,4)5)18-21(6,7)8/h11-12,14-16H,9-10H2,1-8H3. The third-order valence-electron chi connectivity index (χ3n) is 3.06. The van der Waals surface area contributed by atoms with Crippen molar-refractivity contribution in [2.24, 2.45) is 0 Å². The second-order valence-corrected chi connectivity index (χ2v) is 19.1. The molecule has 3 unspecified atom stereocenters. The Morgan fingerprint density at radius 1 is 1.05 bits per heavy atom. The number of aliphatic hydroxyl groups excluding tert-OH is 2. The zero-order chi connectivity index (χ0) is 17.1. The molecule has 0 aromatic heterocycles. The van der Waals surface area contributed by atoms with Gasteiger partial charge in [-0.05, 0) is 52.6 Å². The van der Waals surface area contributed by atoms with Gasteiger partial charge in [0.1, 0.15) is 6.10 Å². The first-order valence-corrected chi connectivity index (χ1v) is 15.7. The molecule has 5 nitrogen and oxygen atoms in total. The summed E-state index contributed by atoms with van der Waals surface area (Å²) >= 11 is 0. The summed E-state index contributed by atoms with van der Waals surface area (Å²) in [5.41, 5.74) is -1.72. The normalized spacial score (nSPS) is 19.4. The Labute approximate surface area is 133 Å². The van der Waals surface area contributed by atoms with Gasteiger partial charge in [0, 0.05) is 5.54 Å². The third-order valence-corrected chi connectivity index (χ3v) is 11.1. The Kier molecular flexibility index (Phi) is 7.99. The molecular formula is C13H33O5Si3. The van der Waals surface area contributed by atoms with Crippen LogP contribution in [0.15, 0.2) is 0 Å². The van der Waals surface area contributed by atoms with Crippen molar-refractivity contribution in [3.8, 4) is 0 Å². The molecule has 0 spiro atoms. The van der Waals surface area contributed by atoms with E-state index in [1.165, 1.54) is 0 Å². The minimum atomic E-state index is -1.84. The molecule has 21 heavy (non-hydrogen) atoms. The van der Waals surface area contributed by atoms with Gasteiger partial charge in [-0.25, -0.2) is 0 Å². The molecule has 0 aromatic rings. The van der Waals surface area contributed by atoms with Crippen LogP contribution in [0.3, 0.4) is 0 Å². The summed E-state index contributed by atoms with van der Waals surface area (Å²) in [6, 6.07) is 0. The van der Waals surface area contributed by atoms with Crippen LogP contribution in [0.5, 0.6) is 0 Å². The van der Waals surface area contributed by atoms with Gasteiger partial charge in [0.05, 0.1) is 12.2 Å². The quantitative estimate of drug-likeness (QED) is 0.553. The van der Waals surface area contributed by atoms with Gasteiger partial charge in [0.15, 0.2) is 16.6 Å². The number of hydrogen-bond donors (Lipinski definition) is 3. The molecule has 0 amide bonds. The SMILES string of the molecule is CCC([Si](O[Si](C)(C)C)O[Si](C)(C)C)C(C)(O)C(O)CO. The van der Waals surface area contributed by atoms with E-state index in [4.69, 9.17) is 8.23 Å². The van der Waals surface area contributed by atoms with E-state index in [2.05, 4.69) is 39.3 Å². The van der Waals surface area contributed by atoms with Crippen LogP contribution in [0.1, 0.15) is 20.3 Å². The second kappa shape index (κ2) is 7.82. The van der Waals surface area contributed by atoms with Gasteiger partial charge in [0.2, 0.25) is 0 Å². The van der Waals surface area contributed by atoms with E-state index in [9.17, 15) is 15.3 Å². The first-order chi connectivity index (χ1) is 9.24. The van der Waals surface area contributed by atoms with Crippen molar-refractivity contribution in [2.45, 2.75) is 76.8 Å². The highest BCUT2D eigenvalue weighted by Crippen LogP contribution is 2.35. The fourth-order valence-electron chi connectivity index (χ4n) is 2.00. The van der Waals surface area contributed by atoms with Crippen molar-refractivity contribution in [3.05, 3.63) is 0 Å². The molecule has 0 aliphatic rings. The number of aliphatic hydroxyl groups is 3. The van der Waals surface area contributed by atoms with Gasteiger partial charge in [-0.1, -0.05) is 6.92 Å². The number of hydrogen-bond acceptors (Lipinski definition) is 5. The second-order valence-electron chi connectivity index (χ2n) is 7.63. The van der Waals surface area contributed by atoms with Crippen molar-refractivity contribution in [1.82, 2.24) is 0 Å². The zero-order valence-corrected chi connectivity index (χ0v) is 17.7. The van der Waals surface area contributed by atoms with Crippen LogP contribution in [-0.4, -0.2) is 59.6 Å². The van der Waals surface area contributed by atoms with Crippen molar-refractivity contribution in [2.75, 3.05) is 6.61 Å². The maximum absolute atomic E-state index is 10.7. The highest BCUT2D eigenvalue weighted by molar-refractivity contribution is 6.81. The fraction of sp³-hybridized carbons (Fsp3) is 1.00. The summed E-state index contributed by atoms with van der Waals surface area (Å²) in [5.74, 6) is 0. The van der Waals surface area contributed by atoms with Crippen LogP contribution in [0.25, 0.3) is 0 Å². The molecule has 0 aromatic carbocycles. The lowest BCUT2D eigenvalue weighted by Gasteiger charge is -2.41. The maximum Gasteiger partial charge on any atom is 0.369 e. The van der Waals surface area contributed by atoms with Crippen LogP contribution in [0, 0.1) is 0 Å². The Hall–Kier alpha value is 0.451. The molecule has 1 radical (unpaired) electrons. The molecule has 0 saturated carbocycles. The lowest BCUT2D eigenvalue weighted by atomic mass is 9.93. The molecule has 0 aliphatic carbocycles. The summed E-state index contributed by atoms with van der Waals surface area (Å²) in [5, 5.41) is 29.9. The van der Waals surface area contributed by atoms with Crippen LogP contribution < -0.4 is 0 Å². The molecule has 0 aliphatic heterocycles. The molecule has 0 bridgehead atoms. The van der Waals surface area contributed by atoms with E-state index in [-0.39, 0.29) is 5.54 Å². The van der Waals surface area contributed by atoms with Crippen molar-refractivity contribution in [3.63, 3.8) is 0 Å². The highest BCUT2D eigenvalue weighted by Gasteiger charge is 2.48. The van der Waals surface area contributed by atoms with Crippen LogP contribution in [0.2, 0.25) is 44.8 Å². The monoisotopic (exact) mass is 353 g/mol. The molecule has 0 fully saturated rings. The predicted octanol–water partition coefficient (Wildman–Crippen LogP) is 2.06. The summed E-state index contributed by atoms with van der Waals surface area (Å²) in [7, 11) is -5.43. The summed E-state index contributed by atoms with van der Waals surface area (Å²) in [6.45, 7) is 15.6. The number of rotatable bonds is 9. The van der Waals surface area contributed by atoms with Gasteiger partial charge in [-0.3, -0.25) is 0 Å². The minimum absolute atomic E-state index is 0.303. The Morgan fingerprint density at radius 3 is 1.67 bits per heavy atom. The van der Waals surface area contributed by atoms with Crippen LogP contribution >= 0.6 is 0 Å². The topological polar surface area (TPSA) is 79.2 Å². The molecular weight excluding hydrogens is 320 g/mol. The van der Waals surface area contributed by atoms with Crippen molar-refractivity contribution < 1.29 is 23.5 Å². The van der Waals surface area contributed by atoms with Gasteiger partial charge in [-0.15, -0.1) is 0 Å². The predicted molar refractivity (Wildman–Crippen MR) is 92.4 cm³/mol. The molecule has 3 N–H and O–H groups in total. The molecule has 127 valence electrons. The smallest absolute Gasteiger partial charge is 0.369 e. The summed E-state index contributed by atoms with van der Waals surface area (Å²) in [6.07, 6.45) is -0.564. The Balaban J connectivity index is 5.43. The Bertz CT molecular complexity index is 296. The molecule has 3 atom stereocenters. The van der Waals surface area contributed by atoms with E-state index >= 15 is 0 Å². The molecule has 8 heteroatoms. The molecule has 0 heterocycles. The lowest BCUT2D eigenvalue weighted by Crippen LogP contribution is -2.55.